The number of rotatable bonds is 4. The second-order valence-electron chi connectivity index (χ2n) is 5.13. The third kappa shape index (κ3) is 3.22. The molecule has 1 N–H and O–H groups in total. The molecule has 0 radical (unpaired) electrons. The van der Waals surface area contributed by atoms with Crippen LogP contribution in [0.1, 0.15) is 49.4 Å². The van der Waals surface area contributed by atoms with Crippen molar-refractivity contribution in [3.05, 3.63) is 17.5 Å². The largest absolute Gasteiger partial charge is 0.481 e. The molecule has 5 heteroatoms. The summed E-state index contributed by atoms with van der Waals surface area (Å²) in [5.74, 6) is -1.17. The minimum Gasteiger partial charge on any atom is -0.481 e. The number of carboxylic acids is 1. The molecular weight excluding hydrogens is 244 g/mol. The highest BCUT2D eigenvalue weighted by Crippen LogP contribution is 2.36. The number of hydrogen-bond acceptors (Lipinski definition) is 4. The van der Waals surface area contributed by atoms with Gasteiger partial charge < -0.3 is 9.84 Å². The summed E-state index contributed by atoms with van der Waals surface area (Å²) in [6.07, 6.45) is 5.34. The standard InChI is InChI=1S/C14H20N2O3/c1-9-8-11(16-14(15-9)19-2)12(13(17)18)10-6-4-3-5-7-10/h8,10,12H,3-7H2,1-2H3,(H,17,18). The molecule has 1 saturated carbocycles. The zero-order valence-corrected chi connectivity index (χ0v) is 11.4. The monoisotopic (exact) mass is 264 g/mol. The molecule has 1 heterocycles. The number of hydrogen-bond donors (Lipinski definition) is 1. The predicted octanol–water partition coefficient (Wildman–Crippen LogP) is 2.54. The lowest BCUT2D eigenvalue weighted by Gasteiger charge is -2.27. The quantitative estimate of drug-likeness (QED) is 0.904. The summed E-state index contributed by atoms with van der Waals surface area (Å²) in [6, 6.07) is 2.01. The van der Waals surface area contributed by atoms with E-state index in [1.165, 1.54) is 13.5 Å². The lowest BCUT2D eigenvalue weighted by molar-refractivity contribution is -0.140. The topological polar surface area (TPSA) is 72.3 Å². The van der Waals surface area contributed by atoms with Gasteiger partial charge in [-0.2, -0.15) is 4.98 Å². The van der Waals surface area contributed by atoms with E-state index in [-0.39, 0.29) is 11.9 Å². The van der Waals surface area contributed by atoms with Crippen molar-refractivity contribution in [2.24, 2.45) is 5.92 Å². The fraction of sp³-hybridized carbons (Fsp3) is 0.643. The Morgan fingerprint density at radius 1 is 1.37 bits per heavy atom. The van der Waals surface area contributed by atoms with E-state index < -0.39 is 11.9 Å². The number of carboxylic acid groups (broad SMARTS) is 1. The summed E-state index contributed by atoms with van der Waals surface area (Å²) in [7, 11) is 1.49. The van der Waals surface area contributed by atoms with Crippen LogP contribution in [-0.4, -0.2) is 28.2 Å². The van der Waals surface area contributed by atoms with Gasteiger partial charge in [-0.15, -0.1) is 0 Å². The number of carbonyl (C=O) groups is 1. The van der Waals surface area contributed by atoms with Gasteiger partial charge in [0, 0.05) is 5.69 Å². The van der Waals surface area contributed by atoms with Gasteiger partial charge in [0.2, 0.25) is 0 Å². The zero-order valence-electron chi connectivity index (χ0n) is 11.4. The van der Waals surface area contributed by atoms with Gasteiger partial charge in [-0.25, -0.2) is 4.98 Å². The van der Waals surface area contributed by atoms with Crippen LogP contribution in [0, 0.1) is 12.8 Å². The summed E-state index contributed by atoms with van der Waals surface area (Å²) in [4.78, 5) is 20.0. The molecule has 5 nitrogen and oxygen atoms in total. The molecule has 0 aromatic carbocycles. The highest BCUT2D eigenvalue weighted by molar-refractivity contribution is 5.76. The van der Waals surface area contributed by atoms with E-state index in [2.05, 4.69) is 9.97 Å². The number of aromatic nitrogens is 2. The third-order valence-electron chi connectivity index (χ3n) is 3.74. The summed E-state index contributed by atoms with van der Waals surface area (Å²) in [5.41, 5.74) is 1.31. The lowest BCUT2D eigenvalue weighted by Crippen LogP contribution is -2.25. The molecule has 19 heavy (non-hydrogen) atoms. The molecule has 0 amide bonds. The molecule has 0 saturated heterocycles. The van der Waals surface area contributed by atoms with Crippen LogP contribution >= 0.6 is 0 Å². The number of ether oxygens (including phenoxy) is 1. The van der Waals surface area contributed by atoms with E-state index in [9.17, 15) is 9.90 Å². The van der Waals surface area contributed by atoms with Crippen LogP contribution in [0.25, 0.3) is 0 Å². The van der Waals surface area contributed by atoms with Crippen LogP contribution in [0.3, 0.4) is 0 Å². The molecule has 0 bridgehead atoms. The van der Waals surface area contributed by atoms with Crippen molar-refractivity contribution in [3.63, 3.8) is 0 Å². The van der Waals surface area contributed by atoms with Crippen molar-refractivity contribution in [2.75, 3.05) is 7.11 Å². The summed E-state index contributed by atoms with van der Waals surface area (Å²) < 4.78 is 5.04. The molecule has 1 aliphatic rings. The van der Waals surface area contributed by atoms with E-state index >= 15 is 0 Å². The summed E-state index contributed by atoms with van der Waals surface area (Å²) >= 11 is 0. The number of nitrogens with zero attached hydrogens (tertiary/aromatic N) is 2. The Kier molecular flexibility index (Phi) is 4.35. The molecule has 1 fully saturated rings. The first-order valence-corrected chi connectivity index (χ1v) is 6.74. The zero-order chi connectivity index (χ0) is 13.8. The minimum absolute atomic E-state index is 0.172. The van der Waals surface area contributed by atoms with Crippen LogP contribution in [-0.2, 0) is 4.79 Å². The average Bonchev–Trinajstić information content (AvgIpc) is 2.39. The van der Waals surface area contributed by atoms with Crippen molar-refractivity contribution in [2.45, 2.75) is 44.9 Å². The van der Waals surface area contributed by atoms with Gasteiger partial charge in [0.15, 0.2) is 0 Å². The van der Waals surface area contributed by atoms with Crippen molar-refractivity contribution in [1.29, 1.82) is 0 Å². The first-order valence-electron chi connectivity index (χ1n) is 6.74. The molecule has 1 aliphatic carbocycles. The van der Waals surface area contributed by atoms with Gasteiger partial charge in [-0.1, -0.05) is 19.3 Å². The SMILES string of the molecule is COc1nc(C)cc(C(C(=O)O)C2CCCCC2)n1. The van der Waals surface area contributed by atoms with Gasteiger partial charge in [0.25, 0.3) is 0 Å². The Labute approximate surface area is 113 Å². The maximum atomic E-state index is 11.6. The smallest absolute Gasteiger partial charge is 0.316 e. The maximum Gasteiger partial charge on any atom is 0.316 e. The van der Waals surface area contributed by atoms with E-state index in [1.54, 1.807) is 6.07 Å². The Balaban J connectivity index is 2.32. The van der Waals surface area contributed by atoms with E-state index in [1.807, 2.05) is 6.92 Å². The number of aliphatic carboxylic acids is 1. The Bertz CT molecular complexity index is 456. The molecule has 1 aromatic rings. The van der Waals surface area contributed by atoms with Gasteiger partial charge >= 0.3 is 12.0 Å². The third-order valence-corrected chi connectivity index (χ3v) is 3.74. The van der Waals surface area contributed by atoms with Crippen LogP contribution in [0.5, 0.6) is 6.01 Å². The van der Waals surface area contributed by atoms with Gasteiger partial charge in [-0.05, 0) is 31.7 Å². The van der Waals surface area contributed by atoms with E-state index in [0.717, 1.165) is 31.4 Å². The fourth-order valence-electron chi connectivity index (χ4n) is 2.85. The fourth-order valence-corrected chi connectivity index (χ4v) is 2.85. The van der Waals surface area contributed by atoms with Crippen LogP contribution in [0.15, 0.2) is 6.07 Å². The first-order chi connectivity index (χ1) is 9.11. The number of methoxy groups -OCH3 is 1. The normalized spacial score (nSPS) is 18.0. The molecule has 1 atom stereocenters. The summed E-state index contributed by atoms with van der Waals surface area (Å²) in [5, 5.41) is 9.53. The molecule has 0 aliphatic heterocycles. The van der Waals surface area contributed by atoms with Gasteiger partial charge in [-0.3, -0.25) is 4.79 Å². The van der Waals surface area contributed by atoms with Crippen molar-refractivity contribution in [3.8, 4) is 6.01 Å². The Hall–Kier alpha value is -1.65. The van der Waals surface area contributed by atoms with Crippen molar-refractivity contribution >= 4 is 5.97 Å². The maximum absolute atomic E-state index is 11.6. The lowest BCUT2D eigenvalue weighted by atomic mass is 9.78. The molecule has 0 spiro atoms. The number of aryl methyl sites for hydroxylation is 1. The average molecular weight is 264 g/mol. The van der Waals surface area contributed by atoms with Crippen molar-refractivity contribution in [1.82, 2.24) is 9.97 Å². The Morgan fingerprint density at radius 3 is 2.63 bits per heavy atom. The molecule has 2 rings (SSSR count). The van der Waals surface area contributed by atoms with E-state index in [4.69, 9.17) is 4.74 Å². The molecule has 1 aromatic heterocycles. The first kappa shape index (κ1) is 13.8. The molecule has 104 valence electrons. The second-order valence-corrected chi connectivity index (χ2v) is 5.13. The van der Waals surface area contributed by atoms with Crippen LogP contribution in [0.2, 0.25) is 0 Å². The Morgan fingerprint density at radius 2 is 2.05 bits per heavy atom. The minimum atomic E-state index is -0.799. The molecule has 1 unspecified atom stereocenters. The second kappa shape index (κ2) is 5.99. The van der Waals surface area contributed by atoms with Crippen LogP contribution in [0.4, 0.5) is 0 Å². The summed E-state index contributed by atoms with van der Waals surface area (Å²) in [6.45, 7) is 1.83. The highest BCUT2D eigenvalue weighted by Gasteiger charge is 2.32. The van der Waals surface area contributed by atoms with Gasteiger partial charge in [0.05, 0.1) is 12.8 Å². The predicted molar refractivity (Wildman–Crippen MR) is 70.3 cm³/mol. The van der Waals surface area contributed by atoms with Crippen LogP contribution < -0.4 is 4.74 Å². The molecular formula is C14H20N2O3. The van der Waals surface area contributed by atoms with E-state index in [0.29, 0.717) is 5.69 Å². The van der Waals surface area contributed by atoms with Gasteiger partial charge in [0.1, 0.15) is 5.92 Å². The van der Waals surface area contributed by atoms with Crippen molar-refractivity contribution < 1.29 is 14.6 Å². The highest BCUT2D eigenvalue weighted by atomic mass is 16.5.